The van der Waals surface area contributed by atoms with Gasteiger partial charge in [0.25, 0.3) is 0 Å². The summed E-state index contributed by atoms with van der Waals surface area (Å²) in [6, 6.07) is 0. The Morgan fingerprint density at radius 2 is 0.805 bits per heavy atom. The molecule has 12 nitrogen and oxygen atoms in total. The smallest absolute Gasteiger partial charge is 0.335 e. The fraction of sp³-hybridized carbons (Fsp3) is 0.600. The van der Waals surface area contributed by atoms with Crippen molar-refractivity contribution in [2.45, 2.75) is 237 Å². The first-order valence-corrected chi connectivity index (χ1v) is 29.2. The topological polar surface area (TPSA) is 175 Å². The fourth-order valence-electron chi connectivity index (χ4n) is 7.86. The van der Waals surface area contributed by atoms with Crippen LogP contribution in [0.3, 0.4) is 0 Å². The molecule has 0 radical (unpaired) electrons. The van der Waals surface area contributed by atoms with Gasteiger partial charge < -0.3 is 39.0 Å². The van der Waals surface area contributed by atoms with Gasteiger partial charge in [-0.3, -0.25) is 14.4 Å². The van der Waals surface area contributed by atoms with Crippen LogP contribution in [0.15, 0.2) is 134 Å². The zero-order valence-electron chi connectivity index (χ0n) is 47.4. The molecule has 0 bridgehead atoms. The standard InChI is InChI=1S/C65H100O12/c1-4-7-10-13-16-19-22-25-27-29-31-34-36-39-42-45-48-51-57(66)73-54-56(75-58(67)52-49-46-43-40-37-33-24-21-18-15-12-9-6-3)55-74-65-63(61(70)60(69)62(77-65)64(71)72)76-59(68)53-50-47-44-41-38-35-32-30-28-26-23-20-17-14-11-8-5-2/h7-12,16-21,25-28,31,33-34,37,43,46,56,60-63,65,69-70H,4-6,13-15,22-24,29-30,32,35-36,38-42,44-45,47-55H2,1-3H3,(H,71,72)/b10-7-,11-8-,12-9-,19-16-,20-17-,21-18-,27-25-,28-26-,34-31-,37-33-,46-43-. The largest absolute Gasteiger partial charge is 0.479 e. The second kappa shape index (κ2) is 51.6. The van der Waals surface area contributed by atoms with Crippen LogP contribution in [0.5, 0.6) is 0 Å². The maximum atomic E-state index is 13.1. The Bertz CT molecular complexity index is 1850. The zero-order chi connectivity index (χ0) is 56.1. The third-order valence-corrected chi connectivity index (χ3v) is 12.2. The van der Waals surface area contributed by atoms with Gasteiger partial charge in [0.2, 0.25) is 0 Å². The number of allylic oxidation sites excluding steroid dienone is 22. The first-order valence-electron chi connectivity index (χ1n) is 29.2. The minimum absolute atomic E-state index is 0.0273. The highest BCUT2D eigenvalue weighted by Gasteiger charge is 2.50. The van der Waals surface area contributed by atoms with E-state index in [-0.39, 0.29) is 25.9 Å². The van der Waals surface area contributed by atoms with E-state index in [0.717, 1.165) is 135 Å². The highest BCUT2D eigenvalue weighted by atomic mass is 16.7. The van der Waals surface area contributed by atoms with Crippen molar-refractivity contribution in [3.63, 3.8) is 0 Å². The lowest BCUT2D eigenvalue weighted by Gasteiger charge is -2.40. The molecule has 0 spiro atoms. The van der Waals surface area contributed by atoms with Crippen molar-refractivity contribution >= 4 is 23.9 Å². The molecule has 1 aliphatic heterocycles. The Balaban J connectivity index is 2.75. The molecule has 1 fully saturated rings. The number of carbonyl (C=O) groups excluding carboxylic acids is 3. The van der Waals surface area contributed by atoms with Crippen LogP contribution in [-0.4, -0.2) is 89.2 Å². The monoisotopic (exact) mass is 1070 g/mol. The van der Waals surface area contributed by atoms with Crippen molar-refractivity contribution in [2.24, 2.45) is 0 Å². The van der Waals surface area contributed by atoms with Crippen LogP contribution in [0.2, 0.25) is 0 Å². The normalized spacial score (nSPS) is 19.0. The van der Waals surface area contributed by atoms with Crippen LogP contribution in [0.25, 0.3) is 0 Å². The number of ether oxygens (including phenoxy) is 5. The molecule has 1 saturated heterocycles. The van der Waals surface area contributed by atoms with Crippen molar-refractivity contribution in [3.8, 4) is 0 Å². The molecule has 6 atom stereocenters. The zero-order valence-corrected chi connectivity index (χ0v) is 47.4. The highest BCUT2D eigenvalue weighted by Crippen LogP contribution is 2.26. The number of aliphatic hydroxyl groups is 2. The summed E-state index contributed by atoms with van der Waals surface area (Å²) >= 11 is 0. The molecule has 0 aromatic rings. The molecule has 3 N–H and O–H groups in total. The average molecular weight is 1070 g/mol. The van der Waals surface area contributed by atoms with Crippen molar-refractivity contribution in [3.05, 3.63) is 134 Å². The third kappa shape index (κ3) is 41.6. The molecular formula is C65H100O12. The Hall–Kier alpha value is -5.14. The Labute approximate surface area is 464 Å². The van der Waals surface area contributed by atoms with E-state index in [1.54, 1.807) is 0 Å². The Morgan fingerprint density at radius 1 is 0.429 bits per heavy atom. The van der Waals surface area contributed by atoms with Gasteiger partial charge in [0.1, 0.15) is 18.8 Å². The second-order valence-electron chi connectivity index (χ2n) is 19.1. The number of hydrogen-bond donors (Lipinski definition) is 3. The molecule has 0 aromatic heterocycles. The average Bonchev–Trinajstić information content (AvgIpc) is 3.42. The molecule has 432 valence electrons. The van der Waals surface area contributed by atoms with E-state index in [2.05, 4.69) is 142 Å². The molecule has 0 amide bonds. The Kier molecular flexibility index (Phi) is 46.8. The van der Waals surface area contributed by atoms with Crippen LogP contribution < -0.4 is 0 Å². The first-order chi connectivity index (χ1) is 37.6. The molecule has 0 aromatic carbocycles. The van der Waals surface area contributed by atoms with E-state index in [4.69, 9.17) is 23.7 Å². The number of carbonyl (C=O) groups is 4. The van der Waals surface area contributed by atoms with E-state index in [0.29, 0.717) is 25.7 Å². The molecule has 1 aliphatic rings. The predicted molar refractivity (Wildman–Crippen MR) is 312 cm³/mol. The van der Waals surface area contributed by atoms with Gasteiger partial charge in [0.15, 0.2) is 24.6 Å². The number of aliphatic hydroxyl groups excluding tert-OH is 2. The number of esters is 3. The molecule has 1 rings (SSSR count). The Morgan fingerprint density at radius 3 is 1.23 bits per heavy atom. The van der Waals surface area contributed by atoms with Crippen LogP contribution >= 0.6 is 0 Å². The molecule has 0 aliphatic carbocycles. The van der Waals surface area contributed by atoms with Gasteiger partial charge in [-0.05, 0) is 116 Å². The summed E-state index contributed by atoms with van der Waals surface area (Å²) in [5, 5.41) is 31.5. The maximum Gasteiger partial charge on any atom is 0.335 e. The number of carboxylic acids is 1. The fourth-order valence-corrected chi connectivity index (χ4v) is 7.86. The van der Waals surface area contributed by atoms with Gasteiger partial charge in [-0.25, -0.2) is 4.79 Å². The van der Waals surface area contributed by atoms with Crippen LogP contribution in [-0.2, 0) is 42.9 Å². The lowest BCUT2D eigenvalue weighted by Crippen LogP contribution is -2.61. The first kappa shape index (κ1) is 69.9. The molecule has 6 unspecified atom stereocenters. The van der Waals surface area contributed by atoms with E-state index >= 15 is 0 Å². The quantitative estimate of drug-likeness (QED) is 0.0228. The van der Waals surface area contributed by atoms with Gasteiger partial charge in [-0.15, -0.1) is 0 Å². The van der Waals surface area contributed by atoms with E-state index in [9.17, 15) is 34.5 Å². The second-order valence-corrected chi connectivity index (χ2v) is 19.1. The summed E-state index contributed by atoms with van der Waals surface area (Å²) in [6.45, 7) is 5.55. The minimum Gasteiger partial charge on any atom is -0.479 e. The molecule has 77 heavy (non-hydrogen) atoms. The summed E-state index contributed by atoms with van der Waals surface area (Å²) in [5.74, 6) is -3.30. The van der Waals surface area contributed by atoms with Crippen LogP contribution in [0.1, 0.15) is 201 Å². The number of aliphatic carboxylic acids is 1. The molecular weight excluding hydrogens is 973 g/mol. The van der Waals surface area contributed by atoms with E-state index < -0.39 is 67.3 Å². The minimum atomic E-state index is -1.93. The van der Waals surface area contributed by atoms with Gasteiger partial charge in [-0.2, -0.15) is 0 Å². The lowest BCUT2D eigenvalue weighted by molar-refractivity contribution is -0.301. The number of unbranched alkanes of at least 4 members (excludes halogenated alkanes) is 11. The van der Waals surface area contributed by atoms with Gasteiger partial charge >= 0.3 is 23.9 Å². The van der Waals surface area contributed by atoms with E-state index in [1.165, 1.54) is 0 Å². The van der Waals surface area contributed by atoms with Gasteiger partial charge in [-0.1, -0.05) is 199 Å². The lowest BCUT2D eigenvalue weighted by atomic mass is 9.98. The van der Waals surface area contributed by atoms with Crippen molar-refractivity contribution in [2.75, 3.05) is 13.2 Å². The molecule has 12 heteroatoms. The number of carboxylic acid groups (broad SMARTS) is 1. The van der Waals surface area contributed by atoms with E-state index in [1.807, 2.05) is 12.2 Å². The SMILES string of the molecule is CC/C=C\C/C=C\C/C=C\C/C=C\CCCCCCC(=O)OCC(COC1OC(C(=O)O)C(O)C(O)C1OC(=O)CCCCCCCCC/C=C\C/C=C\C/C=C\CC)OC(=O)CC/C=C\C/C=C\C/C=C\C/C=C\CC. The third-order valence-electron chi connectivity index (χ3n) is 12.2. The summed E-state index contributed by atoms with van der Waals surface area (Å²) in [6.07, 6.45) is 60.1. The van der Waals surface area contributed by atoms with Gasteiger partial charge in [0.05, 0.1) is 6.61 Å². The number of hydrogen-bond acceptors (Lipinski definition) is 11. The summed E-state index contributed by atoms with van der Waals surface area (Å²) < 4.78 is 28.3. The van der Waals surface area contributed by atoms with Crippen LogP contribution in [0, 0.1) is 0 Å². The predicted octanol–water partition coefficient (Wildman–Crippen LogP) is 15.0. The van der Waals surface area contributed by atoms with Gasteiger partial charge in [0, 0.05) is 19.3 Å². The summed E-state index contributed by atoms with van der Waals surface area (Å²) in [7, 11) is 0. The van der Waals surface area contributed by atoms with Crippen LogP contribution in [0.4, 0.5) is 0 Å². The maximum absolute atomic E-state index is 13.1. The summed E-state index contributed by atoms with van der Waals surface area (Å²) in [4.78, 5) is 51.1. The van der Waals surface area contributed by atoms with Crippen molar-refractivity contribution < 1.29 is 58.2 Å². The van der Waals surface area contributed by atoms with Crippen molar-refractivity contribution in [1.29, 1.82) is 0 Å². The number of rotatable bonds is 47. The highest BCUT2D eigenvalue weighted by molar-refractivity contribution is 5.74. The molecule has 1 heterocycles. The summed E-state index contributed by atoms with van der Waals surface area (Å²) in [5.41, 5.74) is 0. The van der Waals surface area contributed by atoms with Crippen molar-refractivity contribution in [1.82, 2.24) is 0 Å². The molecule has 0 saturated carbocycles.